The van der Waals surface area contributed by atoms with Gasteiger partial charge in [-0.3, -0.25) is 4.98 Å². The van der Waals surface area contributed by atoms with E-state index in [1.54, 1.807) is 6.07 Å². The summed E-state index contributed by atoms with van der Waals surface area (Å²) in [5.41, 5.74) is 2.85. The lowest BCUT2D eigenvalue weighted by molar-refractivity contribution is 0.564. The van der Waals surface area contributed by atoms with Gasteiger partial charge in [-0.2, -0.15) is 0 Å². The Morgan fingerprint density at radius 2 is 2.11 bits per heavy atom. The molecule has 1 unspecified atom stereocenters. The van der Waals surface area contributed by atoms with Crippen molar-refractivity contribution in [2.45, 2.75) is 26.4 Å². The maximum Gasteiger partial charge on any atom is 0.124 e. The third kappa shape index (κ3) is 3.75. The molecule has 0 aliphatic rings. The van der Waals surface area contributed by atoms with E-state index in [4.69, 9.17) is 11.6 Å². The number of pyridine rings is 1. The lowest BCUT2D eigenvalue weighted by atomic mass is 10.1. The lowest BCUT2D eigenvalue weighted by Gasteiger charge is -2.15. The molecule has 0 aliphatic carbocycles. The fraction of sp³-hybridized carbons (Fsp3) is 0.267. The minimum atomic E-state index is -0.318. The van der Waals surface area contributed by atoms with Crippen molar-refractivity contribution in [2.75, 3.05) is 0 Å². The van der Waals surface area contributed by atoms with E-state index in [0.717, 1.165) is 17.0 Å². The number of aromatic nitrogens is 1. The Balaban J connectivity index is 2.03. The van der Waals surface area contributed by atoms with Gasteiger partial charge in [0.1, 0.15) is 5.82 Å². The number of hydrogen-bond acceptors (Lipinski definition) is 2. The molecule has 2 nitrogen and oxygen atoms in total. The molecule has 0 saturated heterocycles. The number of rotatable bonds is 4. The van der Waals surface area contributed by atoms with Gasteiger partial charge in [0.25, 0.3) is 0 Å². The van der Waals surface area contributed by atoms with Crippen LogP contribution in [0.15, 0.2) is 36.4 Å². The Kier molecular flexibility index (Phi) is 4.51. The van der Waals surface area contributed by atoms with Crippen molar-refractivity contribution in [1.82, 2.24) is 10.3 Å². The van der Waals surface area contributed by atoms with Gasteiger partial charge >= 0.3 is 0 Å². The van der Waals surface area contributed by atoms with Crippen LogP contribution in [-0.4, -0.2) is 4.98 Å². The molecule has 2 aromatic rings. The highest BCUT2D eigenvalue weighted by atomic mass is 35.5. The van der Waals surface area contributed by atoms with Gasteiger partial charge in [0.2, 0.25) is 0 Å². The Hall–Kier alpha value is -1.45. The highest BCUT2D eigenvalue weighted by Gasteiger charge is 2.10. The summed E-state index contributed by atoms with van der Waals surface area (Å²) in [5.74, 6) is -0.318. The van der Waals surface area contributed by atoms with Crippen LogP contribution in [0, 0.1) is 12.7 Å². The molecule has 19 heavy (non-hydrogen) atoms. The van der Waals surface area contributed by atoms with Crippen LogP contribution in [0.3, 0.4) is 0 Å². The second-order valence-electron chi connectivity index (χ2n) is 4.54. The third-order valence-corrected chi connectivity index (χ3v) is 3.29. The smallest absolute Gasteiger partial charge is 0.124 e. The molecule has 0 spiro atoms. The van der Waals surface area contributed by atoms with E-state index in [-0.39, 0.29) is 11.9 Å². The first-order valence-corrected chi connectivity index (χ1v) is 6.55. The first kappa shape index (κ1) is 14.0. The molecule has 1 heterocycles. The molecule has 0 radical (unpaired) electrons. The van der Waals surface area contributed by atoms with Crippen molar-refractivity contribution >= 4 is 11.6 Å². The van der Waals surface area contributed by atoms with E-state index in [1.165, 1.54) is 12.1 Å². The zero-order valence-corrected chi connectivity index (χ0v) is 11.7. The summed E-state index contributed by atoms with van der Waals surface area (Å²) >= 11 is 6.04. The average molecular weight is 279 g/mol. The van der Waals surface area contributed by atoms with Crippen LogP contribution in [0.5, 0.6) is 0 Å². The summed E-state index contributed by atoms with van der Waals surface area (Å²) in [4.78, 5) is 4.42. The highest BCUT2D eigenvalue weighted by molar-refractivity contribution is 6.31. The Labute approximate surface area is 117 Å². The summed E-state index contributed by atoms with van der Waals surface area (Å²) < 4.78 is 13.0. The van der Waals surface area contributed by atoms with Crippen molar-refractivity contribution in [1.29, 1.82) is 0 Å². The van der Waals surface area contributed by atoms with Crippen LogP contribution in [0.1, 0.15) is 29.9 Å². The Morgan fingerprint density at radius 1 is 1.32 bits per heavy atom. The highest BCUT2D eigenvalue weighted by Crippen LogP contribution is 2.23. The van der Waals surface area contributed by atoms with Crippen LogP contribution in [0.2, 0.25) is 5.02 Å². The van der Waals surface area contributed by atoms with Crippen LogP contribution in [-0.2, 0) is 6.54 Å². The molecular formula is C15H16ClFN2. The van der Waals surface area contributed by atoms with E-state index >= 15 is 0 Å². The number of aryl methyl sites for hydroxylation is 1. The van der Waals surface area contributed by atoms with Crippen molar-refractivity contribution in [2.24, 2.45) is 0 Å². The van der Waals surface area contributed by atoms with E-state index < -0.39 is 0 Å². The van der Waals surface area contributed by atoms with Crippen LogP contribution in [0.25, 0.3) is 0 Å². The standard InChI is InChI=1S/C15H16ClFN2/c1-10-4-3-5-13(19-10)9-18-11(2)14-7-6-12(17)8-15(14)16/h3-8,11,18H,9H2,1-2H3. The molecule has 1 aromatic carbocycles. The second-order valence-corrected chi connectivity index (χ2v) is 4.95. The van der Waals surface area contributed by atoms with E-state index in [0.29, 0.717) is 11.6 Å². The van der Waals surface area contributed by atoms with E-state index in [2.05, 4.69) is 10.3 Å². The fourth-order valence-corrected chi connectivity index (χ4v) is 2.25. The fourth-order valence-electron chi connectivity index (χ4n) is 1.92. The minimum absolute atomic E-state index is 0.0374. The van der Waals surface area contributed by atoms with Gasteiger partial charge in [-0.15, -0.1) is 0 Å². The molecule has 1 aromatic heterocycles. The minimum Gasteiger partial charge on any atom is -0.305 e. The number of nitrogens with one attached hydrogen (secondary N) is 1. The topological polar surface area (TPSA) is 24.9 Å². The molecule has 2 rings (SSSR count). The molecule has 0 bridgehead atoms. The molecule has 4 heteroatoms. The van der Waals surface area contributed by atoms with Crippen LogP contribution >= 0.6 is 11.6 Å². The molecule has 0 amide bonds. The van der Waals surface area contributed by atoms with Gasteiger partial charge in [0.15, 0.2) is 0 Å². The molecule has 0 saturated carbocycles. The normalized spacial score (nSPS) is 12.4. The van der Waals surface area contributed by atoms with Gasteiger partial charge in [0, 0.05) is 23.3 Å². The van der Waals surface area contributed by atoms with Gasteiger partial charge in [-0.25, -0.2) is 4.39 Å². The first-order valence-electron chi connectivity index (χ1n) is 6.17. The van der Waals surface area contributed by atoms with Crippen molar-refractivity contribution < 1.29 is 4.39 Å². The lowest BCUT2D eigenvalue weighted by Crippen LogP contribution is -2.19. The van der Waals surface area contributed by atoms with Crippen LogP contribution in [0.4, 0.5) is 4.39 Å². The van der Waals surface area contributed by atoms with Crippen molar-refractivity contribution in [3.63, 3.8) is 0 Å². The maximum absolute atomic E-state index is 13.0. The van der Waals surface area contributed by atoms with Gasteiger partial charge in [-0.1, -0.05) is 23.7 Å². The first-order chi connectivity index (χ1) is 9.06. The Bertz CT molecular complexity index is 572. The van der Waals surface area contributed by atoms with E-state index in [1.807, 2.05) is 32.0 Å². The number of nitrogens with zero attached hydrogens (tertiary/aromatic N) is 1. The molecule has 100 valence electrons. The zero-order valence-electron chi connectivity index (χ0n) is 11.0. The Morgan fingerprint density at radius 3 is 2.79 bits per heavy atom. The predicted molar refractivity (Wildman–Crippen MR) is 75.6 cm³/mol. The largest absolute Gasteiger partial charge is 0.305 e. The summed E-state index contributed by atoms with van der Waals surface area (Å²) in [6, 6.07) is 10.4. The van der Waals surface area contributed by atoms with Gasteiger partial charge < -0.3 is 5.32 Å². The number of hydrogen-bond donors (Lipinski definition) is 1. The molecule has 0 aliphatic heterocycles. The summed E-state index contributed by atoms with van der Waals surface area (Å²) in [5, 5.41) is 3.78. The zero-order chi connectivity index (χ0) is 13.8. The summed E-state index contributed by atoms with van der Waals surface area (Å²) in [6.45, 7) is 4.61. The van der Waals surface area contributed by atoms with E-state index in [9.17, 15) is 4.39 Å². The number of halogens is 2. The maximum atomic E-state index is 13.0. The second kappa shape index (κ2) is 6.13. The summed E-state index contributed by atoms with van der Waals surface area (Å²) in [7, 11) is 0. The van der Waals surface area contributed by atoms with Crippen molar-refractivity contribution in [3.05, 3.63) is 64.2 Å². The van der Waals surface area contributed by atoms with Gasteiger partial charge in [-0.05, 0) is 43.7 Å². The van der Waals surface area contributed by atoms with Crippen molar-refractivity contribution in [3.8, 4) is 0 Å². The quantitative estimate of drug-likeness (QED) is 0.913. The molecule has 1 N–H and O–H groups in total. The average Bonchev–Trinajstić information content (AvgIpc) is 2.36. The van der Waals surface area contributed by atoms with Crippen LogP contribution < -0.4 is 5.32 Å². The third-order valence-electron chi connectivity index (χ3n) is 2.96. The SMILES string of the molecule is Cc1cccc(CNC(C)c2ccc(F)cc2Cl)n1. The monoisotopic (exact) mass is 278 g/mol. The van der Waals surface area contributed by atoms with Gasteiger partial charge in [0.05, 0.1) is 5.69 Å². The number of benzene rings is 1. The molecule has 0 fully saturated rings. The molecule has 1 atom stereocenters. The molecular weight excluding hydrogens is 263 g/mol. The summed E-state index contributed by atoms with van der Waals surface area (Å²) in [6.07, 6.45) is 0. The predicted octanol–water partition coefficient (Wildman–Crippen LogP) is 4.03.